The molecule has 31 heavy (non-hydrogen) atoms. The van der Waals surface area contributed by atoms with Crippen LogP contribution in [0.4, 0.5) is 0 Å². The summed E-state index contributed by atoms with van der Waals surface area (Å²) in [7, 11) is 1.55. The molecule has 2 aliphatic heterocycles. The topological polar surface area (TPSA) is 108 Å². The van der Waals surface area contributed by atoms with Gasteiger partial charge in [-0.15, -0.1) is 0 Å². The van der Waals surface area contributed by atoms with Gasteiger partial charge in [0.15, 0.2) is 6.61 Å². The van der Waals surface area contributed by atoms with Gasteiger partial charge in [0, 0.05) is 32.6 Å². The number of likely N-dealkylation sites (tertiary alicyclic amines) is 2. The monoisotopic (exact) mass is 430 g/mol. The van der Waals surface area contributed by atoms with Gasteiger partial charge in [-0.25, -0.2) is 0 Å². The minimum atomic E-state index is -0.457. The van der Waals surface area contributed by atoms with E-state index >= 15 is 0 Å². The van der Waals surface area contributed by atoms with Gasteiger partial charge in [-0.2, -0.15) is 0 Å². The summed E-state index contributed by atoms with van der Waals surface area (Å²) in [5, 5.41) is 5.29. The van der Waals surface area contributed by atoms with Gasteiger partial charge in [-0.3, -0.25) is 19.2 Å². The normalized spacial score (nSPS) is 19.1. The lowest BCUT2D eigenvalue weighted by Crippen LogP contribution is -2.49. The van der Waals surface area contributed by atoms with Gasteiger partial charge in [0.25, 0.3) is 5.91 Å². The Morgan fingerprint density at radius 2 is 1.68 bits per heavy atom. The maximum atomic E-state index is 12.5. The maximum Gasteiger partial charge on any atom is 0.260 e. The van der Waals surface area contributed by atoms with Crippen molar-refractivity contribution in [2.24, 2.45) is 5.92 Å². The molecule has 2 saturated heterocycles. The molecule has 0 spiro atoms. The van der Waals surface area contributed by atoms with Crippen molar-refractivity contribution in [3.8, 4) is 5.75 Å². The maximum absolute atomic E-state index is 12.5. The van der Waals surface area contributed by atoms with Crippen LogP contribution in [0.5, 0.6) is 5.75 Å². The van der Waals surface area contributed by atoms with E-state index in [0.29, 0.717) is 44.6 Å². The number of carbonyl (C=O) groups is 4. The van der Waals surface area contributed by atoms with Crippen LogP contribution in [-0.4, -0.2) is 79.3 Å². The zero-order valence-corrected chi connectivity index (χ0v) is 17.8. The Labute approximate surface area is 182 Å². The van der Waals surface area contributed by atoms with Crippen LogP contribution in [0.25, 0.3) is 0 Å². The van der Waals surface area contributed by atoms with Crippen LogP contribution in [0.3, 0.4) is 0 Å². The molecule has 2 fully saturated rings. The zero-order valence-electron chi connectivity index (χ0n) is 17.8. The van der Waals surface area contributed by atoms with E-state index in [1.54, 1.807) is 24.1 Å². The number of para-hydroxylation sites is 1. The summed E-state index contributed by atoms with van der Waals surface area (Å²) >= 11 is 0. The van der Waals surface area contributed by atoms with Crippen LogP contribution in [0.1, 0.15) is 25.7 Å². The van der Waals surface area contributed by atoms with Crippen molar-refractivity contribution in [2.75, 3.05) is 39.8 Å². The first-order chi connectivity index (χ1) is 15.0. The molecule has 0 aromatic heterocycles. The molecule has 1 aromatic rings. The first-order valence-electron chi connectivity index (χ1n) is 10.7. The molecular weight excluding hydrogens is 400 g/mol. The standard InChI is InChI=1S/C22H30N4O5/c1-23-22(30)18-8-5-11-26(18)19(27)14-24-21(29)16-9-12-25(13-10-16)20(28)15-31-17-6-3-2-4-7-17/h2-4,6-7,16,18H,5,8-15H2,1H3,(H,23,30)(H,24,29). The van der Waals surface area contributed by atoms with Crippen molar-refractivity contribution >= 4 is 23.6 Å². The summed E-state index contributed by atoms with van der Waals surface area (Å²) in [6.07, 6.45) is 2.50. The zero-order chi connectivity index (χ0) is 22.2. The Hall–Kier alpha value is -3.10. The highest BCUT2D eigenvalue weighted by Crippen LogP contribution is 2.19. The van der Waals surface area contributed by atoms with E-state index in [1.807, 2.05) is 18.2 Å². The van der Waals surface area contributed by atoms with Gasteiger partial charge in [-0.05, 0) is 37.8 Å². The summed E-state index contributed by atoms with van der Waals surface area (Å²) in [5.41, 5.74) is 0. The quantitative estimate of drug-likeness (QED) is 0.641. The van der Waals surface area contributed by atoms with E-state index in [0.717, 1.165) is 6.42 Å². The van der Waals surface area contributed by atoms with Gasteiger partial charge in [0.05, 0.1) is 6.54 Å². The Morgan fingerprint density at radius 1 is 0.968 bits per heavy atom. The second kappa shape index (κ2) is 10.8. The summed E-state index contributed by atoms with van der Waals surface area (Å²) in [5.74, 6) is -0.300. The second-order valence-corrected chi connectivity index (χ2v) is 7.83. The number of amides is 4. The fraction of sp³-hybridized carbons (Fsp3) is 0.545. The highest BCUT2D eigenvalue weighted by Gasteiger charge is 2.34. The molecule has 0 saturated carbocycles. The number of rotatable bonds is 7. The number of hydrogen-bond donors (Lipinski definition) is 2. The summed E-state index contributed by atoms with van der Waals surface area (Å²) in [6.45, 7) is 1.34. The van der Waals surface area contributed by atoms with Gasteiger partial charge in [0.1, 0.15) is 11.8 Å². The van der Waals surface area contributed by atoms with E-state index in [2.05, 4.69) is 10.6 Å². The molecule has 1 atom stereocenters. The summed E-state index contributed by atoms with van der Waals surface area (Å²) in [4.78, 5) is 52.4. The van der Waals surface area contributed by atoms with Gasteiger partial charge >= 0.3 is 0 Å². The molecule has 1 aromatic carbocycles. The molecule has 4 amide bonds. The molecule has 2 aliphatic rings. The molecule has 0 aliphatic carbocycles. The third-order valence-electron chi connectivity index (χ3n) is 5.86. The number of nitrogens with zero attached hydrogens (tertiary/aromatic N) is 2. The van der Waals surface area contributed by atoms with Crippen molar-refractivity contribution in [3.63, 3.8) is 0 Å². The summed E-state index contributed by atoms with van der Waals surface area (Å²) in [6, 6.07) is 8.70. The number of hydrogen-bond acceptors (Lipinski definition) is 5. The molecule has 3 rings (SSSR count). The Bertz CT molecular complexity index is 792. The largest absolute Gasteiger partial charge is 0.484 e. The minimum Gasteiger partial charge on any atom is -0.484 e. The van der Waals surface area contributed by atoms with E-state index in [4.69, 9.17) is 4.74 Å². The van der Waals surface area contributed by atoms with Gasteiger partial charge < -0.3 is 25.2 Å². The third-order valence-corrected chi connectivity index (χ3v) is 5.86. The van der Waals surface area contributed by atoms with E-state index in [1.165, 1.54) is 4.90 Å². The highest BCUT2D eigenvalue weighted by atomic mass is 16.5. The van der Waals surface area contributed by atoms with Crippen LogP contribution in [0.15, 0.2) is 30.3 Å². The highest BCUT2D eigenvalue weighted by molar-refractivity contribution is 5.91. The predicted octanol–water partition coefficient (Wildman–Crippen LogP) is 0.157. The minimum absolute atomic E-state index is 0.0300. The lowest BCUT2D eigenvalue weighted by Gasteiger charge is -2.31. The average Bonchev–Trinajstić information content (AvgIpc) is 3.31. The van der Waals surface area contributed by atoms with Crippen LogP contribution in [-0.2, 0) is 19.2 Å². The second-order valence-electron chi connectivity index (χ2n) is 7.83. The number of ether oxygens (including phenoxy) is 1. The summed E-state index contributed by atoms with van der Waals surface area (Å²) < 4.78 is 5.50. The number of carbonyl (C=O) groups excluding carboxylic acids is 4. The first kappa shape index (κ1) is 22.6. The lowest BCUT2D eigenvalue weighted by atomic mass is 9.96. The lowest BCUT2D eigenvalue weighted by molar-refractivity contribution is -0.139. The smallest absolute Gasteiger partial charge is 0.260 e. The van der Waals surface area contributed by atoms with Crippen LogP contribution in [0, 0.1) is 5.92 Å². The predicted molar refractivity (Wildman–Crippen MR) is 113 cm³/mol. The van der Waals surface area contributed by atoms with Crippen molar-refractivity contribution < 1.29 is 23.9 Å². The van der Waals surface area contributed by atoms with Crippen molar-refractivity contribution in [1.29, 1.82) is 0 Å². The SMILES string of the molecule is CNC(=O)C1CCCN1C(=O)CNC(=O)C1CCN(C(=O)COc2ccccc2)CC1. The first-order valence-corrected chi connectivity index (χ1v) is 10.7. The van der Waals surface area contributed by atoms with Crippen molar-refractivity contribution in [2.45, 2.75) is 31.7 Å². The molecule has 0 bridgehead atoms. The molecule has 2 heterocycles. The Balaban J connectivity index is 1.38. The molecule has 9 heteroatoms. The Kier molecular flexibility index (Phi) is 7.86. The van der Waals surface area contributed by atoms with Crippen molar-refractivity contribution in [3.05, 3.63) is 30.3 Å². The molecule has 9 nitrogen and oxygen atoms in total. The fourth-order valence-electron chi connectivity index (χ4n) is 4.06. The van der Waals surface area contributed by atoms with E-state index < -0.39 is 6.04 Å². The number of benzene rings is 1. The van der Waals surface area contributed by atoms with Crippen LogP contribution < -0.4 is 15.4 Å². The van der Waals surface area contributed by atoms with Crippen LogP contribution >= 0.6 is 0 Å². The van der Waals surface area contributed by atoms with E-state index in [-0.39, 0.29) is 42.7 Å². The number of piperidine rings is 1. The Morgan fingerprint density at radius 3 is 2.35 bits per heavy atom. The average molecular weight is 431 g/mol. The van der Waals surface area contributed by atoms with E-state index in [9.17, 15) is 19.2 Å². The molecule has 2 N–H and O–H groups in total. The molecule has 168 valence electrons. The number of likely N-dealkylation sites (N-methyl/N-ethyl adjacent to an activating group) is 1. The third kappa shape index (κ3) is 5.96. The molecular formula is C22H30N4O5. The fourth-order valence-corrected chi connectivity index (χ4v) is 4.06. The molecule has 1 unspecified atom stereocenters. The number of nitrogens with one attached hydrogen (secondary N) is 2. The van der Waals surface area contributed by atoms with Crippen molar-refractivity contribution in [1.82, 2.24) is 20.4 Å². The van der Waals surface area contributed by atoms with Crippen LogP contribution in [0.2, 0.25) is 0 Å². The molecule has 0 radical (unpaired) electrons. The van der Waals surface area contributed by atoms with Gasteiger partial charge in [0.2, 0.25) is 17.7 Å². The van der Waals surface area contributed by atoms with Gasteiger partial charge in [-0.1, -0.05) is 18.2 Å².